The zero-order valence-corrected chi connectivity index (χ0v) is 14.1. The molecule has 0 spiro atoms. The fourth-order valence-electron chi connectivity index (χ4n) is 2.27. The Kier molecular flexibility index (Phi) is 5.62. The van der Waals surface area contributed by atoms with Gasteiger partial charge in [-0.3, -0.25) is 4.72 Å². The number of rotatable bonds is 4. The number of aliphatic hydroxyl groups is 1. The van der Waals surface area contributed by atoms with Crippen LogP contribution in [0.4, 0.5) is 5.69 Å². The highest BCUT2D eigenvalue weighted by Gasteiger charge is 2.32. The van der Waals surface area contributed by atoms with Gasteiger partial charge >= 0.3 is 10.2 Å². The van der Waals surface area contributed by atoms with Crippen LogP contribution >= 0.6 is 34.8 Å². The second kappa shape index (κ2) is 6.89. The fourth-order valence-corrected chi connectivity index (χ4v) is 4.42. The third-order valence-electron chi connectivity index (χ3n) is 3.34. The molecule has 9 heteroatoms. The van der Waals surface area contributed by atoms with E-state index in [1.54, 1.807) is 0 Å². The second-order valence-corrected chi connectivity index (χ2v) is 7.64. The van der Waals surface area contributed by atoms with Crippen LogP contribution in [-0.2, 0) is 10.2 Å². The van der Waals surface area contributed by atoms with E-state index in [-0.39, 0.29) is 27.4 Å². The summed E-state index contributed by atoms with van der Waals surface area (Å²) in [6.07, 6.45) is 2.28. The second-order valence-electron chi connectivity index (χ2n) is 4.80. The average molecular weight is 374 g/mol. The average Bonchev–Trinajstić information content (AvgIpc) is 2.44. The molecule has 21 heavy (non-hydrogen) atoms. The molecule has 0 radical (unpaired) electrons. The smallest absolute Gasteiger partial charge is 0.302 e. The standard InChI is InChI=1S/C12H15Cl3N2O3S/c13-9-5-11(15)12(6-10(9)14)16-21(19,20)17-4-2-1-3-8(17)7-18/h5-6,8,16,18H,1-4,7H2. The molecule has 5 nitrogen and oxygen atoms in total. The number of hydrogen-bond acceptors (Lipinski definition) is 3. The Hall–Kier alpha value is -0.240. The van der Waals surface area contributed by atoms with E-state index in [9.17, 15) is 13.5 Å². The first-order valence-corrected chi connectivity index (χ1v) is 8.97. The Balaban J connectivity index is 2.26. The van der Waals surface area contributed by atoms with Crippen LogP contribution < -0.4 is 4.72 Å². The molecule has 0 aliphatic carbocycles. The molecule has 0 amide bonds. The Morgan fingerprint density at radius 2 is 1.86 bits per heavy atom. The van der Waals surface area contributed by atoms with E-state index in [2.05, 4.69) is 4.72 Å². The van der Waals surface area contributed by atoms with Crippen molar-refractivity contribution in [3.63, 3.8) is 0 Å². The zero-order chi connectivity index (χ0) is 15.6. The van der Waals surface area contributed by atoms with E-state index >= 15 is 0 Å². The minimum atomic E-state index is -3.81. The number of nitrogens with zero attached hydrogens (tertiary/aromatic N) is 1. The monoisotopic (exact) mass is 372 g/mol. The first kappa shape index (κ1) is 17.1. The lowest BCUT2D eigenvalue weighted by Gasteiger charge is -2.33. The van der Waals surface area contributed by atoms with Crippen molar-refractivity contribution >= 4 is 50.7 Å². The molecule has 0 bridgehead atoms. The minimum Gasteiger partial charge on any atom is -0.395 e. The van der Waals surface area contributed by atoms with Gasteiger partial charge in [0.25, 0.3) is 0 Å². The first-order chi connectivity index (χ1) is 9.85. The normalized spacial score (nSPS) is 20.5. The third kappa shape index (κ3) is 3.94. The summed E-state index contributed by atoms with van der Waals surface area (Å²) in [6, 6.07) is 2.32. The van der Waals surface area contributed by atoms with E-state index in [1.165, 1.54) is 16.4 Å². The highest BCUT2D eigenvalue weighted by atomic mass is 35.5. The molecule has 2 rings (SSSR count). The number of nitrogens with one attached hydrogen (secondary N) is 1. The van der Waals surface area contributed by atoms with Crippen LogP contribution in [0.15, 0.2) is 12.1 Å². The van der Waals surface area contributed by atoms with Crippen LogP contribution in [0.25, 0.3) is 0 Å². The van der Waals surface area contributed by atoms with Crippen molar-refractivity contribution < 1.29 is 13.5 Å². The van der Waals surface area contributed by atoms with Gasteiger partial charge in [0.15, 0.2) is 0 Å². The molecule has 1 aliphatic heterocycles. The van der Waals surface area contributed by atoms with Gasteiger partial charge < -0.3 is 5.11 Å². The SMILES string of the molecule is O=S(=O)(Nc1cc(Cl)c(Cl)cc1Cl)N1CCCCC1CO. The van der Waals surface area contributed by atoms with Crippen molar-refractivity contribution in [1.82, 2.24) is 4.31 Å². The Labute approximate surface area is 139 Å². The van der Waals surface area contributed by atoms with Crippen LogP contribution in [0.5, 0.6) is 0 Å². The van der Waals surface area contributed by atoms with Crippen LogP contribution in [0.1, 0.15) is 19.3 Å². The molecule has 1 unspecified atom stereocenters. The minimum absolute atomic E-state index is 0.158. The summed E-state index contributed by atoms with van der Waals surface area (Å²) < 4.78 is 28.5. The van der Waals surface area contributed by atoms with Crippen LogP contribution in [0.3, 0.4) is 0 Å². The predicted molar refractivity (Wildman–Crippen MR) is 85.4 cm³/mol. The first-order valence-electron chi connectivity index (χ1n) is 6.40. The maximum atomic E-state index is 12.4. The summed E-state index contributed by atoms with van der Waals surface area (Å²) >= 11 is 17.7. The largest absolute Gasteiger partial charge is 0.395 e. The molecule has 1 aromatic rings. The fraction of sp³-hybridized carbons (Fsp3) is 0.500. The maximum Gasteiger partial charge on any atom is 0.302 e. The Bertz CT molecular complexity index is 624. The summed E-state index contributed by atoms with van der Waals surface area (Å²) in [6.45, 7) is 0.148. The summed E-state index contributed by atoms with van der Waals surface area (Å²) in [5, 5.41) is 9.94. The molecular formula is C12H15Cl3N2O3S. The van der Waals surface area contributed by atoms with Gasteiger partial charge in [-0.1, -0.05) is 41.2 Å². The number of halogens is 3. The third-order valence-corrected chi connectivity index (χ3v) is 5.95. The molecule has 1 atom stereocenters. The number of piperidine rings is 1. The van der Waals surface area contributed by atoms with E-state index < -0.39 is 16.3 Å². The Morgan fingerprint density at radius 3 is 2.52 bits per heavy atom. The maximum absolute atomic E-state index is 12.4. The topological polar surface area (TPSA) is 69.6 Å². The summed E-state index contributed by atoms with van der Waals surface area (Å²) in [4.78, 5) is 0. The van der Waals surface area contributed by atoms with Crippen molar-refractivity contribution in [1.29, 1.82) is 0 Å². The van der Waals surface area contributed by atoms with Crippen molar-refractivity contribution in [3.05, 3.63) is 27.2 Å². The van der Waals surface area contributed by atoms with Crippen LogP contribution in [0.2, 0.25) is 15.1 Å². The van der Waals surface area contributed by atoms with Crippen LogP contribution in [0, 0.1) is 0 Å². The Morgan fingerprint density at radius 1 is 1.19 bits per heavy atom. The van der Waals surface area contributed by atoms with Gasteiger partial charge in [0.1, 0.15) is 0 Å². The van der Waals surface area contributed by atoms with E-state index in [0.29, 0.717) is 13.0 Å². The van der Waals surface area contributed by atoms with Crippen molar-refractivity contribution in [2.24, 2.45) is 0 Å². The van der Waals surface area contributed by atoms with Crippen molar-refractivity contribution in [2.75, 3.05) is 17.9 Å². The molecule has 0 saturated carbocycles. The van der Waals surface area contributed by atoms with Crippen LogP contribution in [-0.4, -0.2) is 37.0 Å². The number of anilines is 1. The number of benzene rings is 1. The molecule has 1 saturated heterocycles. The molecule has 118 valence electrons. The molecule has 2 N–H and O–H groups in total. The summed E-state index contributed by atoms with van der Waals surface area (Å²) in [7, 11) is -3.81. The van der Waals surface area contributed by atoms with Gasteiger partial charge in [-0.05, 0) is 25.0 Å². The lowest BCUT2D eigenvalue weighted by molar-refractivity contribution is 0.156. The lowest BCUT2D eigenvalue weighted by Crippen LogP contribution is -2.47. The lowest BCUT2D eigenvalue weighted by atomic mass is 10.1. The van der Waals surface area contributed by atoms with E-state index in [1.807, 2.05) is 0 Å². The van der Waals surface area contributed by atoms with Gasteiger partial charge in [0, 0.05) is 12.6 Å². The van der Waals surface area contributed by atoms with E-state index in [0.717, 1.165) is 12.8 Å². The molecular weight excluding hydrogens is 359 g/mol. The number of aliphatic hydroxyl groups excluding tert-OH is 1. The van der Waals surface area contributed by atoms with E-state index in [4.69, 9.17) is 34.8 Å². The zero-order valence-electron chi connectivity index (χ0n) is 11.0. The summed E-state index contributed by atoms with van der Waals surface area (Å²) in [5.74, 6) is 0. The highest BCUT2D eigenvalue weighted by molar-refractivity contribution is 7.90. The predicted octanol–water partition coefficient (Wildman–Crippen LogP) is 3.15. The van der Waals surface area contributed by atoms with Gasteiger partial charge in [0.05, 0.1) is 27.4 Å². The van der Waals surface area contributed by atoms with Gasteiger partial charge in [-0.15, -0.1) is 0 Å². The molecule has 0 aromatic heterocycles. The molecule has 1 aliphatic rings. The summed E-state index contributed by atoms with van der Waals surface area (Å²) in [5.41, 5.74) is 0.160. The molecule has 1 fully saturated rings. The van der Waals surface area contributed by atoms with Gasteiger partial charge in [-0.2, -0.15) is 12.7 Å². The highest BCUT2D eigenvalue weighted by Crippen LogP contribution is 2.33. The molecule has 1 heterocycles. The molecule has 1 aromatic carbocycles. The van der Waals surface area contributed by atoms with Crippen molar-refractivity contribution in [3.8, 4) is 0 Å². The van der Waals surface area contributed by atoms with Crippen molar-refractivity contribution in [2.45, 2.75) is 25.3 Å². The van der Waals surface area contributed by atoms with Gasteiger partial charge in [-0.25, -0.2) is 0 Å². The van der Waals surface area contributed by atoms with Gasteiger partial charge in [0.2, 0.25) is 0 Å². The quantitative estimate of drug-likeness (QED) is 0.797. The number of hydrogen-bond donors (Lipinski definition) is 2.